The molecule has 1 amide bonds. The van der Waals surface area contributed by atoms with Crippen molar-refractivity contribution in [2.75, 3.05) is 13.2 Å². The first kappa shape index (κ1) is 17.5. The summed E-state index contributed by atoms with van der Waals surface area (Å²) in [5, 5.41) is 9.05. The van der Waals surface area contributed by atoms with Crippen LogP contribution in [0.3, 0.4) is 0 Å². The predicted molar refractivity (Wildman–Crippen MR) is 64.8 cm³/mol. The van der Waals surface area contributed by atoms with Crippen LogP contribution in [0.4, 0.5) is 18.0 Å². The SMILES string of the molecule is CC(C)(C)OC(=O)N1C[C@H](OCC(F)(F)F)C[C@@H]1C(=O)O. The average Bonchev–Trinajstić information content (AvgIpc) is 2.67. The van der Waals surface area contributed by atoms with Crippen LogP contribution >= 0.6 is 0 Å². The zero-order valence-corrected chi connectivity index (χ0v) is 11.9. The molecule has 0 spiro atoms. The quantitative estimate of drug-likeness (QED) is 0.863. The summed E-state index contributed by atoms with van der Waals surface area (Å²) < 4.78 is 46.0. The lowest BCUT2D eigenvalue weighted by Crippen LogP contribution is -2.43. The highest BCUT2D eigenvalue weighted by Crippen LogP contribution is 2.25. The standard InChI is InChI=1S/C12H18F3NO5/c1-11(2,3)21-10(19)16-5-7(4-8(16)9(17)18)20-6-12(13,14)15/h7-8H,4-6H2,1-3H3,(H,17,18)/t7-,8-/m1/s1. The molecule has 0 unspecified atom stereocenters. The Hall–Kier alpha value is -1.51. The van der Waals surface area contributed by atoms with Crippen molar-refractivity contribution in [2.45, 2.75) is 51.1 Å². The number of amides is 1. The van der Waals surface area contributed by atoms with E-state index in [-0.39, 0.29) is 13.0 Å². The molecule has 9 heteroatoms. The first-order valence-electron chi connectivity index (χ1n) is 6.30. The van der Waals surface area contributed by atoms with E-state index < -0.39 is 42.6 Å². The zero-order valence-electron chi connectivity index (χ0n) is 11.9. The Balaban J connectivity index is 2.69. The van der Waals surface area contributed by atoms with Crippen molar-refractivity contribution in [3.8, 4) is 0 Å². The summed E-state index contributed by atoms with van der Waals surface area (Å²) in [4.78, 5) is 23.9. The molecule has 1 fully saturated rings. The molecular formula is C12H18F3NO5. The van der Waals surface area contributed by atoms with Crippen LogP contribution in [-0.2, 0) is 14.3 Å². The van der Waals surface area contributed by atoms with E-state index in [0.717, 1.165) is 4.90 Å². The summed E-state index contributed by atoms with van der Waals surface area (Å²) in [5.41, 5.74) is -0.828. The number of carboxylic acids is 1. The van der Waals surface area contributed by atoms with E-state index in [1.165, 1.54) is 0 Å². The van der Waals surface area contributed by atoms with Gasteiger partial charge in [-0.15, -0.1) is 0 Å². The maximum atomic E-state index is 12.1. The number of nitrogens with zero attached hydrogens (tertiary/aromatic N) is 1. The highest BCUT2D eigenvalue weighted by molar-refractivity contribution is 5.81. The van der Waals surface area contributed by atoms with Gasteiger partial charge in [-0.2, -0.15) is 13.2 Å². The summed E-state index contributed by atoms with van der Waals surface area (Å²) in [7, 11) is 0. The minimum atomic E-state index is -4.50. The first-order chi connectivity index (χ1) is 9.39. The Morgan fingerprint density at radius 3 is 2.29 bits per heavy atom. The molecule has 0 aromatic heterocycles. The van der Waals surface area contributed by atoms with Crippen LogP contribution in [0, 0.1) is 0 Å². The van der Waals surface area contributed by atoms with Gasteiger partial charge in [0, 0.05) is 6.42 Å². The van der Waals surface area contributed by atoms with Crippen LogP contribution in [0.25, 0.3) is 0 Å². The molecule has 0 bridgehead atoms. The molecule has 1 rings (SSSR count). The van der Waals surface area contributed by atoms with E-state index in [0.29, 0.717) is 0 Å². The molecule has 6 nitrogen and oxygen atoms in total. The smallest absolute Gasteiger partial charge is 0.411 e. The number of likely N-dealkylation sites (tertiary alicyclic amines) is 1. The fourth-order valence-corrected chi connectivity index (χ4v) is 1.89. The fraction of sp³-hybridized carbons (Fsp3) is 0.833. The van der Waals surface area contributed by atoms with Gasteiger partial charge >= 0.3 is 18.2 Å². The molecule has 1 saturated heterocycles. The lowest BCUT2D eigenvalue weighted by Gasteiger charge is -2.26. The van der Waals surface area contributed by atoms with Crippen LogP contribution in [0.2, 0.25) is 0 Å². The highest BCUT2D eigenvalue weighted by Gasteiger charge is 2.43. The van der Waals surface area contributed by atoms with Gasteiger partial charge in [0.15, 0.2) is 0 Å². The molecule has 1 heterocycles. The molecule has 0 aliphatic carbocycles. The van der Waals surface area contributed by atoms with Crippen molar-refractivity contribution in [2.24, 2.45) is 0 Å². The lowest BCUT2D eigenvalue weighted by molar-refractivity contribution is -0.183. The largest absolute Gasteiger partial charge is 0.480 e. The summed E-state index contributed by atoms with van der Waals surface area (Å²) >= 11 is 0. The number of hydrogen-bond donors (Lipinski definition) is 1. The third-order valence-corrected chi connectivity index (χ3v) is 2.66. The summed E-state index contributed by atoms with van der Waals surface area (Å²) in [6.07, 6.45) is -6.57. The van der Waals surface area contributed by atoms with Gasteiger partial charge in [-0.25, -0.2) is 9.59 Å². The van der Waals surface area contributed by atoms with E-state index in [1.807, 2.05) is 0 Å². The highest BCUT2D eigenvalue weighted by atomic mass is 19.4. The van der Waals surface area contributed by atoms with Crippen molar-refractivity contribution < 1.29 is 37.3 Å². The number of carboxylic acid groups (broad SMARTS) is 1. The summed E-state index contributed by atoms with van der Waals surface area (Å²) in [6, 6.07) is -1.25. The van der Waals surface area contributed by atoms with Gasteiger partial charge in [0.1, 0.15) is 18.2 Å². The van der Waals surface area contributed by atoms with E-state index in [9.17, 15) is 22.8 Å². The average molecular weight is 313 g/mol. The number of hydrogen-bond acceptors (Lipinski definition) is 4. The van der Waals surface area contributed by atoms with Crippen molar-refractivity contribution in [1.82, 2.24) is 4.90 Å². The predicted octanol–water partition coefficient (Wildman–Crippen LogP) is 2.03. The van der Waals surface area contributed by atoms with Crippen LogP contribution in [0.5, 0.6) is 0 Å². The van der Waals surface area contributed by atoms with Crippen LogP contribution < -0.4 is 0 Å². The molecule has 1 aliphatic rings. The Bertz CT molecular complexity index is 405. The van der Waals surface area contributed by atoms with Gasteiger partial charge in [0.25, 0.3) is 0 Å². The normalized spacial score (nSPS) is 23.2. The fourth-order valence-electron chi connectivity index (χ4n) is 1.89. The maximum Gasteiger partial charge on any atom is 0.411 e. The van der Waals surface area contributed by atoms with Crippen molar-refractivity contribution in [3.05, 3.63) is 0 Å². The molecule has 0 aromatic rings. The van der Waals surface area contributed by atoms with Gasteiger partial charge in [0.2, 0.25) is 0 Å². The van der Waals surface area contributed by atoms with E-state index in [4.69, 9.17) is 9.84 Å². The van der Waals surface area contributed by atoms with Gasteiger partial charge in [-0.1, -0.05) is 0 Å². The third-order valence-electron chi connectivity index (χ3n) is 2.66. The van der Waals surface area contributed by atoms with Gasteiger partial charge in [-0.05, 0) is 20.8 Å². The van der Waals surface area contributed by atoms with Gasteiger partial charge in [-0.3, -0.25) is 4.90 Å². The monoisotopic (exact) mass is 313 g/mol. The first-order valence-corrected chi connectivity index (χ1v) is 6.30. The van der Waals surface area contributed by atoms with Crippen LogP contribution in [0.1, 0.15) is 27.2 Å². The topological polar surface area (TPSA) is 76.1 Å². The zero-order chi connectivity index (χ0) is 16.4. The molecule has 0 radical (unpaired) electrons. The molecule has 2 atom stereocenters. The second-order valence-corrected chi connectivity index (χ2v) is 5.77. The van der Waals surface area contributed by atoms with E-state index in [1.54, 1.807) is 20.8 Å². The second-order valence-electron chi connectivity index (χ2n) is 5.77. The second kappa shape index (κ2) is 6.08. The molecule has 1 aliphatic heterocycles. The van der Waals surface area contributed by atoms with Gasteiger partial charge < -0.3 is 14.6 Å². The number of carbonyl (C=O) groups is 2. The minimum absolute atomic E-state index is 0.204. The third kappa shape index (κ3) is 5.78. The number of carbonyl (C=O) groups excluding carboxylic acids is 1. The maximum absolute atomic E-state index is 12.1. The number of rotatable bonds is 3. The van der Waals surface area contributed by atoms with Crippen LogP contribution in [0.15, 0.2) is 0 Å². The van der Waals surface area contributed by atoms with E-state index >= 15 is 0 Å². The number of halogens is 3. The molecule has 0 aromatic carbocycles. The van der Waals surface area contributed by atoms with Crippen molar-refractivity contribution in [1.29, 1.82) is 0 Å². The van der Waals surface area contributed by atoms with Gasteiger partial charge in [0.05, 0.1) is 12.6 Å². The Morgan fingerprint density at radius 1 is 1.29 bits per heavy atom. The molecule has 1 N–H and O–H groups in total. The Labute approximate surface area is 119 Å². The number of alkyl halides is 3. The Morgan fingerprint density at radius 2 is 1.86 bits per heavy atom. The lowest BCUT2D eigenvalue weighted by atomic mass is 10.2. The van der Waals surface area contributed by atoms with E-state index in [2.05, 4.69) is 4.74 Å². The minimum Gasteiger partial charge on any atom is -0.480 e. The van der Waals surface area contributed by atoms with Crippen LogP contribution in [-0.4, -0.2) is 59.1 Å². The molecule has 21 heavy (non-hydrogen) atoms. The number of aliphatic carboxylic acids is 1. The molecule has 122 valence electrons. The molecule has 0 saturated carbocycles. The van der Waals surface area contributed by atoms with Crippen molar-refractivity contribution >= 4 is 12.1 Å². The molecular weight excluding hydrogens is 295 g/mol. The number of ether oxygens (including phenoxy) is 2. The summed E-state index contributed by atoms with van der Waals surface area (Å²) in [6.45, 7) is 3.09. The summed E-state index contributed by atoms with van der Waals surface area (Å²) in [5.74, 6) is -1.31. The Kier molecular flexibility index (Phi) is 5.08. The van der Waals surface area contributed by atoms with Crippen molar-refractivity contribution in [3.63, 3.8) is 0 Å².